The van der Waals surface area contributed by atoms with E-state index in [0.29, 0.717) is 0 Å². The lowest BCUT2D eigenvalue weighted by Crippen LogP contribution is -2.32. The molecule has 0 bridgehead atoms. The minimum absolute atomic E-state index is 0.278. The maximum absolute atomic E-state index is 5.61. The molecule has 0 aromatic carbocycles. The highest BCUT2D eigenvalue weighted by atomic mass is 79.9. The van der Waals surface area contributed by atoms with Crippen molar-refractivity contribution in [2.24, 2.45) is 11.1 Å². The van der Waals surface area contributed by atoms with Gasteiger partial charge >= 0.3 is 0 Å². The Labute approximate surface area is 105 Å². The van der Waals surface area contributed by atoms with Crippen LogP contribution in [0.2, 0.25) is 0 Å². The summed E-state index contributed by atoms with van der Waals surface area (Å²) in [5.74, 6) is 0. The first-order valence-electron chi connectivity index (χ1n) is 5.10. The van der Waals surface area contributed by atoms with E-state index in [1.165, 1.54) is 5.00 Å². The maximum atomic E-state index is 5.61. The normalized spacial score (nSPS) is 11.8. The van der Waals surface area contributed by atoms with Crippen molar-refractivity contribution < 1.29 is 0 Å². The molecule has 0 amide bonds. The molecule has 0 unspecified atom stereocenters. The van der Waals surface area contributed by atoms with Crippen LogP contribution >= 0.6 is 27.3 Å². The van der Waals surface area contributed by atoms with Crippen LogP contribution in [0, 0.1) is 5.41 Å². The van der Waals surface area contributed by atoms with Crippen LogP contribution in [0.15, 0.2) is 15.9 Å². The smallest absolute Gasteiger partial charge is 0.0917 e. The van der Waals surface area contributed by atoms with Gasteiger partial charge in [0, 0.05) is 23.4 Å². The van der Waals surface area contributed by atoms with Gasteiger partial charge in [-0.05, 0) is 40.4 Å². The van der Waals surface area contributed by atoms with E-state index in [1.807, 2.05) is 0 Å². The van der Waals surface area contributed by atoms with Gasteiger partial charge in [0.05, 0.1) is 5.00 Å². The Kier molecular flexibility index (Phi) is 4.62. The van der Waals surface area contributed by atoms with E-state index in [4.69, 9.17) is 5.73 Å². The van der Waals surface area contributed by atoms with Crippen molar-refractivity contribution in [3.05, 3.63) is 15.9 Å². The Morgan fingerprint density at radius 1 is 1.53 bits per heavy atom. The number of nitrogens with zero attached hydrogens (tertiary/aromatic N) is 1. The molecular weight excluding hydrogens is 272 g/mol. The van der Waals surface area contributed by atoms with Crippen LogP contribution in [0.5, 0.6) is 0 Å². The molecule has 0 saturated carbocycles. The van der Waals surface area contributed by atoms with Crippen molar-refractivity contribution in [2.75, 3.05) is 25.0 Å². The topological polar surface area (TPSA) is 29.3 Å². The van der Waals surface area contributed by atoms with E-state index in [0.717, 1.165) is 24.0 Å². The first kappa shape index (κ1) is 13.0. The number of halogens is 1. The van der Waals surface area contributed by atoms with Gasteiger partial charge in [0.2, 0.25) is 0 Å². The summed E-state index contributed by atoms with van der Waals surface area (Å²) < 4.78 is 1.16. The zero-order chi connectivity index (χ0) is 11.5. The van der Waals surface area contributed by atoms with Crippen LogP contribution in [0.1, 0.15) is 20.3 Å². The standard InChI is InChI=1S/C11H19BrN2S/c1-11(2,4-5-13)8-14(3)10-6-9(12)7-15-10/h6-7H,4-5,8,13H2,1-3H3. The Hall–Kier alpha value is -0.0600. The Bertz CT molecular complexity index is 309. The SMILES string of the molecule is CN(CC(C)(C)CCN)c1cc(Br)cs1. The molecule has 1 aromatic heterocycles. The summed E-state index contributed by atoms with van der Waals surface area (Å²) in [5.41, 5.74) is 5.89. The van der Waals surface area contributed by atoms with E-state index in [9.17, 15) is 0 Å². The molecule has 1 rings (SSSR count). The first-order valence-corrected chi connectivity index (χ1v) is 6.77. The molecular formula is C11H19BrN2S. The Morgan fingerprint density at radius 2 is 2.20 bits per heavy atom. The van der Waals surface area contributed by atoms with Crippen molar-refractivity contribution in [2.45, 2.75) is 20.3 Å². The van der Waals surface area contributed by atoms with E-state index >= 15 is 0 Å². The molecule has 15 heavy (non-hydrogen) atoms. The lowest BCUT2D eigenvalue weighted by atomic mass is 9.89. The third-order valence-corrected chi connectivity index (χ3v) is 4.22. The van der Waals surface area contributed by atoms with Gasteiger partial charge in [-0.3, -0.25) is 0 Å². The highest BCUT2D eigenvalue weighted by Gasteiger charge is 2.19. The number of nitrogens with two attached hydrogens (primary N) is 1. The fraction of sp³-hybridized carbons (Fsp3) is 0.636. The lowest BCUT2D eigenvalue weighted by Gasteiger charge is -2.30. The third kappa shape index (κ3) is 4.13. The molecule has 0 aliphatic carbocycles. The fourth-order valence-electron chi connectivity index (χ4n) is 1.69. The summed E-state index contributed by atoms with van der Waals surface area (Å²) in [4.78, 5) is 2.30. The van der Waals surface area contributed by atoms with Gasteiger partial charge in [-0.25, -0.2) is 0 Å². The van der Waals surface area contributed by atoms with Crippen LogP contribution in [0.4, 0.5) is 5.00 Å². The predicted octanol–water partition coefficient (Wildman–Crippen LogP) is 3.32. The quantitative estimate of drug-likeness (QED) is 0.901. The van der Waals surface area contributed by atoms with Gasteiger partial charge in [0.1, 0.15) is 0 Å². The molecule has 1 aromatic rings. The van der Waals surface area contributed by atoms with E-state index in [1.54, 1.807) is 11.3 Å². The number of rotatable bonds is 5. The fourth-order valence-corrected chi connectivity index (χ4v) is 3.08. The van der Waals surface area contributed by atoms with Crippen molar-refractivity contribution in [1.82, 2.24) is 0 Å². The second-order valence-corrected chi connectivity index (χ2v) is 6.47. The highest BCUT2D eigenvalue weighted by molar-refractivity contribution is 9.10. The Balaban J connectivity index is 2.59. The first-order chi connectivity index (χ1) is 6.94. The molecule has 0 aliphatic rings. The molecule has 4 heteroatoms. The molecule has 0 aliphatic heterocycles. The molecule has 86 valence electrons. The van der Waals surface area contributed by atoms with Gasteiger partial charge in [-0.1, -0.05) is 13.8 Å². The molecule has 2 N–H and O–H groups in total. The van der Waals surface area contributed by atoms with E-state index < -0.39 is 0 Å². The highest BCUT2D eigenvalue weighted by Crippen LogP contribution is 2.30. The molecule has 2 nitrogen and oxygen atoms in total. The molecule has 0 spiro atoms. The predicted molar refractivity (Wildman–Crippen MR) is 72.7 cm³/mol. The summed E-state index contributed by atoms with van der Waals surface area (Å²) in [6, 6.07) is 2.16. The number of thiophene rings is 1. The molecule has 1 heterocycles. The average molecular weight is 291 g/mol. The summed E-state index contributed by atoms with van der Waals surface area (Å²) in [7, 11) is 2.14. The zero-order valence-corrected chi connectivity index (χ0v) is 12.0. The van der Waals surface area contributed by atoms with Crippen molar-refractivity contribution in [1.29, 1.82) is 0 Å². The van der Waals surface area contributed by atoms with Crippen LogP contribution in [-0.2, 0) is 0 Å². The van der Waals surface area contributed by atoms with Crippen LogP contribution in [0.3, 0.4) is 0 Å². The molecule has 0 atom stereocenters. The van der Waals surface area contributed by atoms with Gasteiger partial charge < -0.3 is 10.6 Å². The third-order valence-electron chi connectivity index (χ3n) is 2.42. The molecule has 0 radical (unpaired) electrons. The summed E-state index contributed by atoms with van der Waals surface area (Å²) in [5, 5.41) is 3.41. The minimum Gasteiger partial charge on any atom is -0.366 e. The van der Waals surface area contributed by atoms with Crippen LogP contribution < -0.4 is 10.6 Å². The van der Waals surface area contributed by atoms with E-state index in [2.05, 4.69) is 53.2 Å². The maximum Gasteiger partial charge on any atom is 0.0917 e. The van der Waals surface area contributed by atoms with Crippen molar-refractivity contribution in [3.8, 4) is 0 Å². The second-order valence-electron chi connectivity index (χ2n) is 4.66. The van der Waals surface area contributed by atoms with Crippen LogP contribution in [-0.4, -0.2) is 20.1 Å². The second kappa shape index (κ2) is 5.32. The summed E-state index contributed by atoms with van der Waals surface area (Å²) in [6.45, 7) is 6.32. The van der Waals surface area contributed by atoms with Gasteiger partial charge in [-0.15, -0.1) is 11.3 Å². The number of anilines is 1. The van der Waals surface area contributed by atoms with Crippen LogP contribution in [0.25, 0.3) is 0 Å². The van der Waals surface area contributed by atoms with Gasteiger partial charge in [-0.2, -0.15) is 0 Å². The van der Waals surface area contributed by atoms with Crippen molar-refractivity contribution in [3.63, 3.8) is 0 Å². The summed E-state index contributed by atoms with van der Waals surface area (Å²) in [6.07, 6.45) is 1.06. The monoisotopic (exact) mass is 290 g/mol. The number of hydrogen-bond acceptors (Lipinski definition) is 3. The summed E-state index contributed by atoms with van der Waals surface area (Å²) >= 11 is 5.24. The van der Waals surface area contributed by atoms with E-state index in [-0.39, 0.29) is 5.41 Å². The Morgan fingerprint density at radius 3 is 2.67 bits per heavy atom. The lowest BCUT2D eigenvalue weighted by molar-refractivity contribution is 0.348. The largest absolute Gasteiger partial charge is 0.366 e. The average Bonchev–Trinajstić information content (AvgIpc) is 2.50. The molecule has 0 saturated heterocycles. The van der Waals surface area contributed by atoms with Gasteiger partial charge in [0.25, 0.3) is 0 Å². The van der Waals surface area contributed by atoms with Crippen molar-refractivity contribution >= 4 is 32.3 Å². The number of hydrogen-bond donors (Lipinski definition) is 1. The van der Waals surface area contributed by atoms with Gasteiger partial charge in [0.15, 0.2) is 0 Å². The molecule has 0 fully saturated rings. The minimum atomic E-state index is 0.278. The zero-order valence-electron chi connectivity index (χ0n) is 9.59.